The lowest BCUT2D eigenvalue weighted by molar-refractivity contribution is 0.282. The van der Waals surface area contributed by atoms with E-state index in [4.69, 9.17) is 21.3 Å². The molecule has 1 rings (SSSR count). The number of hydrogen-bond donors (Lipinski definition) is 2. The molecule has 72 valence electrons. The van der Waals surface area contributed by atoms with Gasteiger partial charge >= 0.3 is 0 Å². The van der Waals surface area contributed by atoms with Crippen molar-refractivity contribution in [2.24, 2.45) is 0 Å². The van der Waals surface area contributed by atoms with Crippen LogP contribution in [0.5, 0.6) is 0 Å². The average Bonchev–Trinajstić information content (AvgIpc) is 2.02. The highest BCUT2D eigenvalue weighted by atomic mass is 35.5. The summed E-state index contributed by atoms with van der Waals surface area (Å²) in [5, 5.41) is 8.82. The first-order valence-corrected chi connectivity index (χ1v) is 5.13. The molecule has 2 N–H and O–H groups in total. The summed E-state index contributed by atoms with van der Waals surface area (Å²) in [7, 11) is -4.22. The zero-order valence-corrected chi connectivity index (χ0v) is 8.01. The van der Waals surface area contributed by atoms with Gasteiger partial charge in [-0.15, -0.1) is 0 Å². The van der Waals surface area contributed by atoms with Crippen LogP contribution < -0.4 is 0 Å². The third kappa shape index (κ3) is 2.41. The summed E-state index contributed by atoms with van der Waals surface area (Å²) < 4.78 is 29.9. The summed E-state index contributed by atoms with van der Waals surface area (Å²) in [4.78, 5) is -0.283. The van der Waals surface area contributed by atoms with Gasteiger partial charge in [0.15, 0.2) is 0 Å². The number of rotatable bonds is 2. The van der Waals surface area contributed by atoms with Crippen LogP contribution in [0.3, 0.4) is 0 Å². The Bertz CT molecular complexity index is 413. The summed E-state index contributed by atoms with van der Waals surface area (Å²) in [6, 6.07) is 3.60. The second-order valence-corrected chi connectivity index (χ2v) is 4.22. The largest absolute Gasteiger partial charge is 0.392 e. The third-order valence-corrected chi connectivity index (χ3v) is 2.69. The van der Waals surface area contributed by atoms with Gasteiger partial charge in [0, 0.05) is 5.02 Å². The minimum absolute atomic E-state index is 0.109. The summed E-state index contributed by atoms with van der Waals surface area (Å²) in [6.07, 6.45) is 0. The SMILES string of the molecule is O=S(=O)(O)c1ccc(CO)c(Cl)c1. The van der Waals surface area contributed by atoms with Gasteiger partial charge in [-0.25, -0.2) is 0 Å². The van der Waals surface area contributed by atoms with E-state index in [1.807, 2.05) is 0 Å². The van der Waals surface area contributed by atoms with Gasteiger partial charge in [-0.3, -0.25) is 4.55 Å². The van der Waals surface area contributed by atoms with Crippen LogP contribution in [0.2, 0.25) is 5.02 Å². The molecule has 1 aromatic rings. The second-order valence-electron chi connectivity index (χ2n) is 2.39. The van der Waals surface area contributed by atoms with Gasteiger partial charge in [0.2, 0.25) is 0 Å². The molecular weight excluding hydrogens is 216 g/mol. The number of halogens is 1. The second kappa shape index (κ2) is 3.63. The molecule has 0 amide bonds. The van der Waals surface area contributed by atoms with Crippen molar-refractivity contribution in [1.82, 2.24) is 0 Å². The van der Waals surface area contributed by atoms with E-state index in [0.29, 0.717) is 5.56 Å². The molecule has 0 heterocycles. The first-order valence-electron chi connectivity index (χ1n) is 3.32. The molecule has 0 fully saturated rings. The maximum atomic E-state index is 10.6. The number of aliphatic hydroxyl groups excluding tert-OH is 1. The summed E-state index contributed by atoms with van der Waals surface area (Å²) in [6.45, 7) is -0.273. The predicted molar refractivity (Wildman–Crippen MR) is 47.2 cm³/mol. The van der Waals surface area contributed by atoms with Gasteiger partial charge in [0.05, 0.1) is 11.5 Å². The molecule has 6 heteroatoms. The summed E-state index contributed by atoms with van der Waals surface area (Å²) in [5.74, 6) is 0. The first kappa shape index (κ1) is 10.5. The smallest absolute Gasteiger partial charge is 0.294 e. The van der Waals surface area contributed by atoms with Gasteiger partial charge in [-0.1, -0.05) is 17.7 Å². The van der Waals surface area contributed by atoms with E-state index in [1.165, 1.54) is 12.1 Å². The minimum atomic E-state index is -4.22. The van der Waals surface area contributed by atoms with Crippen LogP contribution in [0.1, 0.15) is 5.56 Å². The summed E-state index contributed by atoms with van der Waals surface area (Å²) in [5.41, 5.74) is 0.411. The maximum Gasteiger partial charge on any atom is 0.294 e. The Morgan fingerprint density at radius 1 is 1.38 bits per heavy atom. The van der Waals surface area contributed by atoms with Crippen molar-refractivity contribution in [2.75, 3.05) is 0 Å². The highest BCUT2D eigenvalue weighted by molar-refractivity contribution is 7.85. The van der Waals surface area contributed by atoms with Crippen molar-refractivity contribution < 1.29 is 18.1 Å². The Labute approximate surface area is 80.5 Å². The Hall–Kier alpha value is -0.620. The monoisotopic (exact) mass is 222 g/mol. The lowest BCUT2D eigenvalue weighted by Gasteiger charge is -2.01. The van der Waals surface area contributed by atoms with E-state index in [1.54, 1.807) is 0 Å². The normalized spacial score (nSPS) is 11.6. The Balaban J connectivity index is 3.26. The Kier molecular flexibility index (Phi) is 2.92. The first-order chi connectivity index (χ1) is 5.95. The molecule has 0 atom stereocenters. The van der Waals surface area contributed by atoms with Crippen LogP contribution in [0.4, 0.5) is 0 Å². The van der Waals surface area contributed by atoms with Gasteiger partial charge in [0.25, 0.3) is 10.1 Å². The molecular formula is C7H7ClO4S. The van der Waals surface area contributed by atoms with Crippen molar-refractivity contribution in [3.63, 3.8) is 0 Å². The van der Waals surface area contributed by atoms with E-state index >= 15 is 0 Å². The fourth-order valence-corrected chi connectivity index (χ4v) is 1.63. The lowest BCUT2D eigenvalue weighted by atomic mass is 10.2. The molecule has 1 aromatic carbocycles. The molecule has 0 spiro atoms. The highest BCUT2D eigenvalue weighted by Gasteiger charge is 2.11. The van der Waals surface area contributed by atoms with Crippen molar-refractivity contribution >= 4 is 21.7 Å². The fourth-order valence-electron chi connectivity index (χ4n) is 0.817. The van der Waals surface area contributed by atoms with Crippen LogP contribution in [-0.4, -0.2) is 18.1 Å². The fraction of sp³-hybridized carbons (Fsp3) is 0.143. The molecule has 13 heavy (non-hydrogen) atoms. The van der Waals surface area contributed by atoms with Crippen LogP contribution >= 0.6 is 11.6 Å². The van der Waals surface area contributed by atoms with Crippen molar-refractivity contribution in [3.05, 3.63) is 28.8 Å². The Morgan fingerprint density at radius 3 is 2.38 bits per heavy atom. The number of hydrogen-bond acceptors (Lipinski definition) is 3. The predicted octanol–water partition coefficient (Wildman–Crippen LogP) is 1.08. The van der Waals surface area contributed by atoms with Crippen molar-refractivity contribution in [3.8, 4) is 0 Å². The summed E-state index contributed by atoms with van der Waals surface area (Å²) >= 11 is 5.60. The van der Waals surface area contributed by atoms with Gasteiger partial charge in [-0.2, -0.15) is 8.42 Å². The lowest BCUT2D eigenvalue weighted by Crippen LogP contribution is -1.98. The van der Waals surface area contributed by atoms with E-state index < -0.39 is 10.1 Å². The quantitative estimate of drug-likeness (QED) is 0.735. The molecule has 0 radical (unpaired) electrons. The third-order valence-electron chi connectivity index (χ3n) is 1.49. The minimum Gasteiger partial charge on any atom is -0.392 e. The van der Waals surface area contributed by atoms with Crippen molar-refractivity contribution in [2.45, 2.75) is 11.5 Å². The number of aliphatic hydroxyl groups is 1. The molecule has 0 aliphatic heterocycles. The van der Waals surface area contributed by atoms with Crippen molar-refractivity contribution in [1.29, 1.82) is 0 Å². The molecule has 0 bridgehead atoms. The molecule has 0 unspecified atom stereocenters. The van der Waals surface area contributed by atoms with E-state index in [9.17, 15) is 8.42 Å². The standard InChI is InChI=1S/C7H7ClO4S/c8-7-3-6(13(10,11)12)2-1-5(7)4-9/h1-3,9H,4H2,(H,10,11,12). The zero-order valence-electron chi connectivity index (χ0n) is 6.44. The van der Waals surface area contributed by atoms with Crippen LogP contribution in [0.15, 0.2) is 23.1 Å². The Morgan fingerprint density at radius 2 is 2.00 bits per heavy atom. The van der Waals surface area contributed by atoms with E-state index in [0.717, 1.165) is 6.07 Å². The van der Waals surface area contributed by atoms with E-state index in [2.05, 4.69) is 0 Å². The van der Waals surface area contributed by atoms with Gasteiger partial charge < -0.3 is 5.11 Å². The zero-order chi connectivity index (χ0) is 10.1. The van der Waals surface area contributed by atoms with Gasteiger partial charge in [0.1, 0.15) is 0 Å². The van der Waals surface area contributed by atoms with Crippen LogP contribution in [-0.2, 0) is 16.7 Å². The number of benzene rings is 1. The molecule has 0 saturated heterocycles. The molecule has 0 aromatic heterocycles. The molecule has 0 aliphatic rings. The molecule has 0 aliphatic carbocycles. The maximum absolute atomic E-state index is 10.6. The van der Waals surface area contributed by atoms with Gasteiger partial charge in [-0.05, 0) is 17.7 Å². The average molecular weight is 223 g/mol. The van der Waals surface area contributed by atoms with E-state index in [-0.39, 0.29) is 16.5 Å². The van der Waals surface area contributed by atoms with Crippen LogP contribution in [0, 0.1) is 0 Å². The van der Waals surface area contributed by atoms with Crippen LogP contribution in [0.25, 0.3) is 0 Å². The highest BCUT2D eigenvalue weighted by Crippen LogP contribution is 2.20. The molecule has 0 saturated carbocycles. The molecule has 4 nitrogen and oxygen atoms in total. The topological polar surface area (TPSA) is 74.6 Å².